The minimum absolute atomic E-state index is 0.179. The van der Waals surface area contributed by atoms with Crippen LogP contribution in [-0.2, 0) is 9.47 Å². The monoisotopic (exact) mass is 421 g/mol. The van der Waals surface area contributed by atoms with Gasteiger partial charge in [-0.2, -0.15) is 0 Å². The van der Waals surface area contributed by atoms with E-state index < -0.39 is 12.3 Å². The van der Waals surface area contributed by atoms with Crippen LogP contribution in [0.25, 0.3) is 0 Å². The first-order valence-corrected chi connectivity index (χ1v) is 10.00. The second kappa shape index (κ2) is 8.29. The van der Waals surface area contributed by atoms with Crippen LogP contribution in [-0.4, -0.2) is 43.5 Å². The van der Waals surface area contributed by atoms with Gasteiger partial charge in [0.05, 0.1) is 30.3 Å². The van der Waals surface area contributed by atoms with Gasteiger partial charge in [0, 0.05) is 11.1 Å². The number of nitrogens with zero attached hydrogens (tertiary/aromatic N) is 1. The Kier molecular flexibility index (Phi) is 5.78. The predicted octanol–water partition coefficient (Wildman–Crippen LogP) is 4.72. The normalized spacial score (nSPS) is 24.6. The molecule has 4 rings (SSSR count). The summed E-state index contributed by atoms with van der Waals surface area (Å²) in [5, 5.41) is 0.722. The number of rotatable bonds is 4. The van der Waals surface area contributed by atoms with Gasteiger partial charge in [0.2, 0.25) is 6.29 Å². The highest BCUT2D eigenvalue weighted by molar-refractivity contribution is 6.36. The van der Waals surface area contributed by atoms with E-state index in [0.29, 0.717) is 17.7 Å². The molecule has 148 valence electrons. The van der Waals surface area contributed by atoms with Crippen LogP contribution in [0.5, 0.6) is 5.75 Å². The standard InChI is InChI=1S/C21H21Cl2NO4/c1-26-16-7-4-13(5-8-16)19-21(27-12-15-3-2-10-24(15)19)28-20(25)17-9-6-14(22)11-18(17)23/h4-9,11,15,19,21H,2-3,10,12H2,1H3/t15-,19?,21?/m0/s1. The van der Waals surface area contributed by atoms with Crippen molar-refractivity contribution in [2.24, 2.45) is 0 Å². The first-order valence-electron chi connectivity index (χ1n) is 9.24. The highest BCUT2D eigenvalue weighted by Gasteiger charge is 2.43. The van der Waals surface area contributed by atoms with Crippen molar-refractivity contribution < 1.29 is 19.0 Å². The van der Waals surface area contributed by atoms with Gasteiger partial charge in [-0.05, 0) is 55.3 Å². The van der Waals surface area contributed by atoms with Crippen LogP contribution in [0.4, 0.5) is 0 Å². The lowest BCUT2D eigenvalue weighted by Crippen LogP contribution is -2.50. The van der Waals surface area contributed by atoms with Crippen molar-refractivity contribution in [3.8, 4) is 5.75 Å². The molecule has 2 unspecified atom stereocenters. The van der Waals surface area contributed by atoms with Gasteiger partial charge in [-0.1, -0.05) is 35.3 Å². The maximum atomic E-state index is 12.7. The third-order valence-corrected chi connectivity index (χ3v) is 5.87. The number of fused-ring (bicyclic) bond motifs is 1. The molecule has 2 aliphatic heterocycles. The van der Waals surface area contributed by atoms with E-state index in [0.717, 1.165) is 30.7 Å². The quantitative estimate of drug-likeness (QED) is 0.668. The van der Waals surface area contributed by atoms with Crippen molar-refractivity contribution in [3.05, 3.63) is 63.6 Å². The number of esters is 1. The number of halogens is 2. The Morgan fingerprint density at radius 1 is 1.18 bits per heavy atom. The zero-order valence-corrected chi connectivity index (χ0v) is 16.9. The van der Waals surface area contributed by atoms with Gasteiger partial charge >= 0.3 is 5.97 Å². The van der Waals surface area contributed by atoms with E-state index >= 15 is 0 Å². The van der Waals surface area contributed by atoms with Gasteiger partial charge in [0.25, 0.3) is 0 Å². The number of morpholine rings is 1. The highest BCUT2D eigenvalue weighted by Crippen LogP contribution is 2.38. The predicted molar refractivity (Wildman–Crippen MR) is 107 cm³/mol. The SMILES string of the molecule is COc1ccc(C2C(OC(=O)c3ccc(Cl)cc3Cl)OC[C@@H]3CCCN23)cc1. The second-order valence-electron chi connectivity index (χ2n) is 6.98. The van der Waals surface area contributed by atoms with E-state index in [1.165, 1.54) is 6.07 Å². The molecule has 0 radical (unpaired) electrons. The van der Waals surface area contributed by atoms with Crippen LogP contribution in [0, 0.1) is 0 Å². The molecule has 28 heavy (non-hydrogen) atoms. The molecule has 0 N–H and O–H groups in total. The Hall–Kier alpha value is -1.79. The summed E-state index contributed by atoms with van der Waals surface area (Å²) >= 11 is 12.1. The van der Waals surface area contributed by atoms with E-state index in [1.54, 1.807) is 19.2 Å². The molecule has 3 atom stereocenters. The topological polar surface area (TPSA) is 48.0 Å². The molecule has 2 aromatic rings. The van der Waals surface area contributed by atoms with E-state index in [1.807, 2.05) is 24.3 Å². The summed E-state index contributed by atoms with van der Waals surface area (Å²) in [6, 6.07) is 12.7. The summed E-state index contributed by atoms with van der Waals surface area (Å²) in [6.45, 7) is 1.49. The first kappa shape index (κ1) is 19.5. The van der Waals surface area contributed by atoms with E-state index in [4.69, 9.17) is 37.4 Å². The fourth-order valence-electron chi connectivity index (χ4n) is 3.93. The molecule has 5 nitrogen and oxygen atoms in total. The number of carbonyl (C=O) groups excluding carboxylic acids is 1. The number of benzene rings is 2. The van der Waals surface area contributed by atoms with Gasteiger partial charge in [0.15, 0.2) is 0 Å². The minimum atomic E-state index is -0.720. The number of methoxy groups -OCH3 is 1. The smallest absolute Gasteiger partial charge is 0.342 e. The Bertz CT molecular complexity index is 858. The highest BCUT2D eigenvalue weighted by atomic mass is 35.5. The summed E-state index contributed by atoms with van der Waals surface area (Å²) in [5.41, 5.74) is 1.29. The van der Waals surface area contributed by atoms with Gasteiger partial charge in [-0.25, -0.2) is 4.79 Å². The van der Waals surface area contributed by atoms with Gasteiger partial charge in [-0.15, -0.1) is 0 Å². The lowest BCUT2D eigenvalue weighted by molar-refractivity contribution is -0.194. The average Bonchev–Trinajstić information content (AvgIpc) is 3.16. The maximum absolute atomic E-state index is 12.7. The van der Waals surface area contributed by atoms with Crippen molar-refractivity contribution in [3.63, 3.8) is 0 Å². The van der Waals surface area contributed by atoms with Gasteiger partial charge < -0.3 is 14.2 Å². The molecular formula is C21H21Cl2NO4. The van der Waals surface area contributed by atoms with Gasteiger partial charge in [0.1, 0.15) is 5.75 Å². The molecule has 7 heteroatoms. The second-order valence-corrected chi connectivity index (χ2v) is 7.83. The summed E-state index contributed by atoms with van der Waals surface area (Å²) in [6.07, 6.45) is 1.46. The van der Waals surface area contributed by atoms with Crippen molar-refractivity contribution in [2.45, 2.75) is 31.2 Å². The molecule has 2 heterocycles. The molecule has 0 amide bonds. The maximum Gasteiger partial charge on any atom is 0.342 e. The number of hydrogen-bond acceptors (Lipinski definition) is 5. The average molecular weight is 422 g/mol. The Morgan fingerprint density at radius 2 is 1.96 bits per heavy atom. The zero-order chi connectivity index (χ0) is 19.7. The van der Waals surface area contributed by atoms with Crippen LogP contribution in [0.3, 0.4) is 0 Å². The number of carbonyl (C=O) groups is 1. The Labute approximate surface area is 174 Å². The lowest BCUT2D eigenvalue weighted by atomic mass is 10.0. The molecule has 0 bridgehead atoms. The minimum Gasteiger partial charge on any atom is -0.497 e. The van der Waals surface area contributed by atoms with Crippen LogP contribution in [0.15, 0.2) is 42.5 Å². The molecule has 2 fully saturated rings. The summed E-state index contributed by atoms with van der Waals surface area (Å²) in [7, 11) is 1.63. The molecule has 2 aromatic carbocycles. The fraction of sp³-hybridized carbons (Fsp3) is 0.381. The summed E-state index contributed by atoms with van der Waals surface area (Å²) < 4.78 is 17.0. The third-order valence-electron chi connectivity index (χ3n) is 5.32. The van der Waals surface area contributed by atoms with E-state index in [-0.39, 0.29) is 16.6 Å². The fourth-order valence-corrected chi connectivity index (χ4v) is 4.41. The third kappa shape index (κ3) is 3.85. The molecule has 2 saturated heterocycles. The van der Waals surface area contributed by atoms with Crippen molar-refractivity contribution >= 4 is 29.2 Å². The van der Waals surface area contributed by atoms with Crippen LogP contribution < -0.4 is 4.74 Å². The van der Waals surface area contributed by atoms with Gasteiger partial charge in [-0.3, -0.25) is 4.90 Å². The molecule has 0 saturated carbocycles. The number of ether oxygens (including phenoxy) is 3. The Morgan fingerprint density at radius 3 is 2.68 bits per heavy atom. The van der Waals surface area contributed by atoms with Crippen molar-refractivity contribution in [2.75, 3.05) is 20.3 Å². The first-order chi connectivity index (χ1) is 13.6. The molecule has 0 aliphatic carbocycles. The van der Waals surface area contributed by atoms with Crippen molar-refractivity contribution in [1.29, 1.82) is 0 Å². The molecular weight excluding hydrogens is 401 g/mol. The lowest BCUT2D eigenvalue weighted by Gasteiger charge is -2.42. The van der Waals surface area contributed by atoms with Crippen LogP contribution >= 0.6 is 23.2 Å². The summed E-state index contributed by atoms with van der Waals surface area (Å²) in [4.78, 5) is 15.1. The molecule has 2 aliphatic rings. The zero-order valence-electron chi connectivity index (χ0n) is 15.4. The Balaban J connectivity index is 1.60. The molecule has 0 spiro atoms. The number of hydrogen-bond donors (Lipinski definition) is 0. The van der Waals surface area contributed by atoms with E-state index in [9.17, 15) is 4.79 Å². The van der Waals surface area contributed by atoms with E-state index in [2.05, 4.69) is 4.90 Å². The van der Waals surface area contributed by atoms with Crippen molar-refractivity contribution in [1.82, 2.24) is 4.90 Å². The van der Waals surface area contributed by atoms with Crippen LogP contribution in [0.1, 0.15) is 34.8 Å². The van der Waals surface area contributed by atoms with Crippen LogP contribution in [0.2, 0.25) is 10.0 Å². The largest absolute Gasteiger partial charge is 0.497 e. The molecule has 0 aromatic heterocycles. The summed E-state index contributed by atoms with van der Waals surface area (Å²) in [5.74, 6) is 0.253.